The molecule has 4 N–H and O–H groups in total. The van der Waals surface area contributed by atoms with Crippen LogP contribution in [0.1, 0.15) is 6.92 Å². The molecule has 76 valence electrons. The van der Waals surface area contributed by atoms with Gasteiger partial charge in [0.05, 0.1) is 13.7 Å². The summed E-state index contributed by atoms with van der Waals surface area (Å²) < 4.78 is 8.67. The summed E-state index contributed by atoms with van der Waals surface area (Å²) in [5, 5.41) is 0.455. The molecule has 13 heavy (non-hydrogen) atoms. The molecule has 8 heteroatoms. The van der Waals surface area contributed by atoms with E-state index < -0.39 is 12.2 Å². The summed E-state index contributed by atoms with van der Waals surface area (Å²) in [7, 11) is 1.15. The maximum Gasteiger partial charge on any atom is 0.440 e. The minimum absolute atomic E-state index is 0.219. The molecule has 0 saturated carbocycles. The Morgan fingerprint density at radius 2 is 2.15 bits per heavy atom. The molecular formula is C5H12N4O4. The number of nitrogens with two attached hydrogens (primary N) is 1. The molecule has 0 rings (SSSR count). The van der Waals surface area contributed by atoms with Crippen molar-refractivity contribution in [2.24, 2.45) is 5.84 Å². The molecule has 2 amide bonds. The molecule has 0 aromatic rings. The van der Waals surface area contributed by atoms with Gasteiger partial charge in [-0.05, 0) is 6.92 Å². The predicted octanol–water partition coefficient (Wildman–Crippen LogP) is -0.906. The minimum Gasteiger partial charge on any atom is -0.451 e. The number of amides is 2. The quantitative estimate of drug-likeness (QED) is 0.304. The number of nitrogens with zero attached hydrogens (tertiary/aromatic N) is 1. The number of methoxy groups -OCH3 is 1. The van der Waals surface area contributed by atoms with Crippen molar-refractivity contribution in [2.75, 3.05) is 13.7 Å². The van der Waals surface area contributed by atoms with Crippen molar-refractivity contribution in [1.82, 2.24) is 16.1 Å². The minimum atomic E-state index is -0.850. The number of hydrogen-bond donors (Lipinski definition) is 3. The van der Waals surface area contributed by atoms with Crippen LogP contribution in [-0.4, -0.2) is 31.0 Å². The summed E-state index contributed by atoms with van der Waals surface area (Å²) >= 11 is 0. The Hall–Kier alpha value is -1.54. The van der Waals surface area contributed by atoms with E-state index in [4.69, 9.17) is 5.84 Å². The van der Waals surface area contributed by atoms with Gasteiger partial charge in [0.2, 0.25) is 0 Å². The Morgan fingerprint density at radius 3 is 2.62 bits per heavy atom. The highest BCUT2D eigenvalue weighted by atomic mass is 16.6. The smallest absolute Gasteiger partial charge is 0.440 e. The molecule has 0 spiro atoms. The zero-order chi connectivity index (χ0) is 10.3. The monoisotopic (exact) mass is 192 g/mol. The van der Waals surface area contributed by atoms with Crippen LogP contribution in [0.3, 0.4) is 0 Å². The fourth-order valence-corrected chi connectivity index (χ4v) is 0.417. The summed E-state index contributed by atoms with van der Waals surface area (Å²) in [5.41, 5.74) is 4.02. The third kappa shape index (κ3) is 4.82. The van der Waals surface area contributed by atoms with Crippen LogP contribution in [0.5, 0.6) is 0 Å². The first-order valence-electron chi connectivity index (χ1n) is 3.43. The van der Waals surface area contributed by atoms with E-state index in [9.17, 15) is 9.59 Å². The molecule has 0 heterocycles. The maximum absolute atomic E-state index is 10.6. The van der Waals surface area contributed by atoms with Crippen LogP contribution in [0.25, 0.3) is 0 Å². The van der Waals surface area contributed by atoms with Crippen LogP contribution in [0, 0.1) is 0 Å². The van der Waals surface area contributed by atoms with Gasteiger partial charge in [0, 0.05) is 0 Å². The average molecular weight is 192 g/mol. The van der Waals surface area contributed by atoms with Crippen LogP contribution in [0.2, 0.25) is 0 Å². The average Bonchev–Trinajstić information content (AvgIpc) is 2.13. The number of hydrogen-bond acceptors (Lipinski definition) is 6. The molecule has 8 nitrogen and oxygen atoms in total. The van der Waals surface area contributed by atoms with Gasteiger partial charge >= 0.3 is 12.2 Å². The zero-order valence-electron chi connectivity index (χ0n) is 7.36. The highest BCUT2D eigenvalue weighted by Crippen LogP contribution is 1.78. The van der Waals surface area contributed by atoms with Crippen molar-refractivity contribution >= 4 is 12.2 Å². The van der Waals surface area contributed by atoms with Gasteiger partial charge in [0.25, 0.3) is 0 Å². The molecule has 0 aliphatic carbocycles. The van der Waals surface area contributed by atoms with Crippen molar-refractivity contribution < 1.29 is 19.1 Å². The molecule has 0 aliphatic rings. The lowest BCUT2D eigenvalue weighted by Gasteiger charge is -2.15. The molecule has 0 fully saturated rings. The van der Waals surface area contributed by atoms with Gasteiger partial charge in [-0.25, -0.2) is 20.9 Å². The standard InChI is InChI=1S/C5H12N4O4/c1-3-13-4(10)7-8-9(6)5(11)12-2/h8H,3,6H2,1-2H3,(H,7,10). The van der Waals surface area contributed by atoms with Gasteiger partial charge in [0.15, 0.2) is 0 Å². The number of hydrazine groups is 3. The number of ether oxygens (including phenoxy) is 2. The lowest BCUT2D eigenvalue weighted by molar-refractivity contribution is 0.0824. The number of nitrogens with one attached hydrogen (secondary N) is 2. The SMILES string of the molecule is CCOC(=O)NNN(N)C(=O)OC. The first kappa shape index (κ1) is 11.5. The van der Waals surface area contributed by atoms with Gasteiger partial charge in [-0.15, -0.1) is 5.53 Å². The Kier molecular flexibility index (Phi) is 5.32. The second-order valence-corrected chi connectivity index (χ2v) is 1.80. The molecule has 0 aliphatic heterocycles. The topological polar surface area (TPSA) is 106 Å². The second-order valence-electron chi connectivity index (χ2n) is 1.80. The second kappa shape index (κ2) is 6.03. The Bertz CT molecular complexity index is 185. The van der Waals surface area contributed by atoms with Gasteiger partial charge in [-0.2, -0.15) is 5.12 Å². The maximum atomic E-state index is 10.6. The highest BCUT2D eigenvalue weighted by molar-refractivity contribution is 5.68. The molecule has 0 aromatic carbocycles. The molecule has 0 atom stereocenters. The summed E-state index contributed by atoms with van der Waals surface area (Å²) in [6.07, 6.45) is -1.60. The van der Waals surface area contributed by atoms with Crippen LogP contribution < -0.4 is 16.8 Å². The summed E-state index contributed by atoms with van der Waals surface area (Å²) in [4.78, 5) is 21.2. The van der Waals surface area contributed by atoms with Gasteiger partial charge in [-0.3, -0.25) is 0 Å². The van der Waals surface area contributed by atoms with Crippen molar-refractivity contribution in [3.05, 3.63) is 0 Å². The Morgan fingerprint density at radius 1 is 1.54 bits per heavy atom. The third-order valence-corrected chi connectivity index (χ3v) is 0.925. The molecule has 0 unspecified atom stereocenters. The summed E-state index contributed by atoms with van der Waals surface area (Å²) in [6.45, 7) is 1.86. The molecule has 0 saturated heterocycles. The van der Waals surface area contributed by atoms with E-state index in [1.54, 1.807) is 6.92 Å². The molecule has 0 radical (unpaired) electrons. The van der Waals surface area contributed by atoms with Gasteiger partial charge in [-0.1, -0.05) is 0 Å². The van der Waals surface area contributed by atoms with Crippen LogP contribution in [0.4, 0.5) is 9.59 Å². The van der Waals surface area contributed by atoms with E-state index in [0.717, 1.165) is 7.11 Å². The summed E-state index contributed by atoms with van der Waals surface area (Å²) in [5.74, 6) is 5.05. The number of rotatable bonds is 3. The van der Waals surface area contributed by atoms with E-state index in [-0.39, 0.29) is 6.61 Å². The van der Waals surface area contributed by atoms with E-state index in [1.807, 2.05) is 11.0 Å². The first-order valence-corrected chi connectivity index (χ1v) is 3.43. The van der Waals surface area contributed by atoms with Crippen LogP contribution in [-0.2, 0) is 9.47 Å². The Labute approximate surface area is 74.9 Å². The fourth-order valence-electron chi connectivity index (χ4n) is 0.417. The molecule has 0 bridgehead atoms. The lowest BCUT2D eigenvalue weighted by atomic mass is 10.9. The van der Waals surface area contributed by atoms with E-state index in [0.29, 0.717) is 5.12 Å². The Balaban J connectivity index is 3.63. The van der Waals surface area contributed by atoms with Gasteiger partial charge < -0.3 is 9.47 Å². The molecule has 0 aromatic heterocycles. The normalized spacial score (nSPS) is 8.85. The summed E-state index contributed by atoms with van der Waals surface area (Å²) in [6, 6.07) is 0. The van der Waals surface area contributed by atoms with Crippen molar-refractivity contribution in [2.45, 2.75) is 6.92 Å². The third-order valence-electron chi connectivity index (χ3n) is 0.925. The largest absolute Gasteiger partial charge is 0.451 e. The molecular weight excluding hydrogens is 180 g/mol. The first-order chi connectivity index (χ1) is 6.11. The zero-order valence-corrected chi connectivity index (χ0v) is 7.36. The van der Waals surface area contributed by atoms with E-state index >= 15 is 0 Å². The van der Waals surface area contributed by atoms with Crippen molar-refractivity contribution in [3.63, 3.8) is 0 Å². The number of carbonyl (C=O) groups is 2. The predicted molar refractivity (Wildman–Crippen MR) is 41.7 cm³/mol. The van der Waals surface area contributed by atoms with Crippen LogP contribution in [0.15, 0.2) is 0 Å². The lowest BCUT2D eigenvalue weighted by Crippen LogP contribution is -2.55. The fraction of sp³-hybridized carbons (Fsp3) is 0.600. The van der Waals surface area contributed by atoms with Crippen LogP contribution >= 0.6 is 0 Å². The van der Waals surface area contributed by atoms with Crippen molar-refractivity contribution in [1.29, 1.82) is 0 Å². The van der Waals surface area contributed by atoms with E-state index in [1.165, 1.54) is 0 Å². The van der Waals surface area contributed by atoms with Gasteiger partial charge in [0.1, 0.15) is 0 Å². The number of carbonyl (C=O) groups excluding carboxylic acids is 2. The van der Waals surface area contributed by atoms with Crippen molar-refractivity contribution in [3.8, 4) is 0 Å². The van der Waals surface area contributed by atoms with E-state index in [2.05, 4.69) is 9.47 Å². The highest BCUT2D eigenvalue weighted by Gasteiger charge is 2.09.